The summed E-state index contributed by atoms with van der Waals surface area (Å²) in [4.78, 5) is 0. The molecule has 0 amide bonds. The van der Waals surface area contributed by atoms with E-state index in [1.807, 2.05) is 13.8 Å². The van der Waals surface area contributed by atoms with Gasteiger partial charge in [0.25, 0.3) is 0 Å². The first-order valence-corrected chi connectivity index (χ1v) is 12.5. The molecular weight excluding hydrogens is 236 g/mol. The molecule has 0 aliphatic rings. The van der Waals surface area contributed by atoms with Gasteiger partial charge in [-0.3, -0.25) is 0 Å². The summed E-state index contributed by atoms with van der Waals surface area (Å²) in [7, 11) is -1.07. The molecule has 0 saturated carbocycles. The van der Waals surface area contributed by atoms with E-state index in [-0.39, 0.29) is 0 Å². The fourth-order valence-corrected chi connectivity index (χ4v) is 5.05. The summed E-state index contributed by atoms with van der Waals surface area (Å²) in [6.07, 6.45) is 0. The van der Waals surface area contributed by atoms with Gasteiger partial charge in [0.1, 0.15) is 0 Å². The maximum atomic E-state index is 5.73. The van der Waals surface area contributed by atoms with Crippen LogP contribution in [0.2, 0.25) is 17.3 Å². The van der Waals surface area contributed by atoms with Gasteiger partial charge in [-0.2, -0.15) is 0 Å². The van der Waals surface area contributed by atoms with E-state index in [2.05, 4.69) is 17.3 Å². The van der Waals surface area contributed by atoms with Crippen molar-refractivity contribution in [2.24, 2.45) is 0 Å². The van der Waals surface area contributed by atoms with Crippen molar-refractivity contribution in [2.45, 2.75) is 31.1 Å². The van der Waals surface area contributed by atoms with Crippen molar-refractivity contribution >= 4 is 22.2 Å². The van der Waals surface area contributed by atoms with Gasteiger partial charge in [0.2, 0.25) is 0 Å². The van der Waals surface area contributed by atoms with Gasteiger partial charge in [-0.25, -0.2) is 0 Å². The Kier molecular flexibility index (Phi) is 6.78. The van der Waals surface area contributed by atoms with Crippen molar-refractivity contribution in [2.75, 3.05) is 13.2 Å². The van der Waals surface area contributed by atoms with E-state index in [4.69, 9.17) is 12.6 Å². The Labute approximate surface area is 79.5 Å². The summed E-state index contributed by atoms with van der Waals surface area (Å²) in [5, 5.41) is 0. The van der Waals surface area contributed by atoms with Crippen molar-refractivity contribution in [3.63, 3.8) is 0 Å². The summed E-state index contributed by atoms with van der Waals surface area (Å²) < 4.78 is 16.4. The van der Waals surface area contributed by atoms with Gasteiger partial charge in [-0.15, -0.1) is 0 Å². The monoisotopic (exact) mass is 256 g/mol. The van der Waals surface area contributed by atoms with Gasteiger partial charge in [0.05, 0.1) is 0 Å². The number of rotatable bonds is 6. The van der Waals surface area contributed by atoms with Crippen molar-refractivity contribution in [1.82, 2.24) is 0 Å². The number of hydrogen-bond acceptors (Lipinski definition) is 3. The van der Waals surface area contributed by atoms with Gasteiger partial charge >= 0.3 is 79.1 Å². The second-order valence-corrected chi connectivity index (χ2v) is 14.4. The van der Waals surface area contributed by atoms with E-state index < -0.39 is 22.2 Å². The van der Waals surface area contributed by atoms with Gasteiger partial charge in [0, 0.05) is 0 Å². The van der Waals surface area contributed by atoms with Crippen LogP contribution in [0.15, 0.2) is 0 Å². The van der Waals surface area contributed by atoms with Crippen LogP contribution >= 0.6 is 8.60 Å². The van der Waals surface area contributed by atoms with Crippen molar-refractivity contribution in [1.29, 1.82) is 0 Å². The first-order chi connectivity index (χ1) is 5.49. The van der Waals surface area contributed by atoms with Crippen LogP contribution in [-0.4, -0.2) is 26.8 Å². The van der Waals surface area contributed by atoms with Gasteiger partial charge in [-0.05, 0) is 0 Å². The standard InChI is InChI=1S/C7H19GeO3P/c1-6-9-12(10-7-2)11-8(3,4)5/h6-7H2,1-5H3. The van der Waals surface area contributed by atoms with Crippen LogP contribution in [0, 0.1) is 0 Å². The molecule has 0 radical (unpaired) electrons. The zero-order valence-corrected chi connectivity index (χ0v) is 11.6. The Hall–Kier alpha value is 0.853. The summed E-state index contributed by atoms with van der Waals surface area (Å²) >= 11 is -1.98. The molecule has 0 fully saturated rings. The molecule has 0 aromatic carbocycles. The summed E-state index contributed by atoms with van der Waals surface area (Å²) in [5.74, 6) is 6.52. The topological polar surface area (TPSA) is 27.7 Å². The normalized spacial score (nSPS) is 12.5. The molecule has 0 saturated heterocycles. The molecule has 0 unspecified atom stereocenters. The van der Waals surface area contributed by atoms with E-state index in [1.54, 1.807) is 0 Å². The Bertz CT molecular complexity index is 110. The molecular formula is C7H19GeO3P. The summed E-state index contributed by atoms with van der Waals surface area (Å²) in [5.41, 5.74) is 0. The Morgan fingerprint density at radius 3 is 1.67 bits per heavy atom. The van der Waals surface area contributed by atoms with E-state index in [0.29, 0.717) is 13.2 Å². The molecule has 5 heteroatoms. The van der Waals surface area contributed by atoms with E-state index >= 15 is 0 Å². The SMILES string of the molecule is CCOP(OCC)[O][Ge]([CH3])([CH3])[CH3]. The predicted molar refractivity (Wildman–Crippen MR) is 54.6 cm³/mol. The Morgan fingerprint density at radius 2 is 1.42 bits per heavy atom. The van der Waals surface area contributed by atoms with Crippen LogP contribution in [0.5, 0.6) is 0 Å². The molecule has 0 N–H and O–H groups in total. The van der Waals surface area contributed by atoms with E-state index in [9.17, 15) is 0 Å². The molecule has 0 spiro atoms. The van der Waals surface area contributed by atoms with Gasteiger partial charge in [-0.1, -0.05) is 0 Å². The fraction of sp³-hybridized carbons (Fsp3) is 1.00. The third-order valence-electron chi connectivity index (χ3n) is 0.817. The minimum atomic E-state index is -1.98. The van der Waals surface area contributed by atoms with Crippen LogP contribution in [0.3, 0.4) is 0 Å². The molecule has 0 aromatic heterocycles. The molecule has 0 rings (SSSR count). The minimum absolute atomic E-state index is 0.657. The average molecular weight is 255 g/mol. The third-order valence-corrected chi connectivity index (χ3v) is 6.84. The van der Waals surface area contributed by atoms with Gasteiger partial charge in [0.15, 0.2) is 0 Å². The van der Waals surface area contributed by atoms with E-state index in [0.717, 1.165) is 0 Å². The quantitative estimate of drug-likeness (QED) is 0.538. The number of hydrogen-bond donors (Lipinski definition) is 0. The van der Waals surface area contributed by atoms with Crippen molar-refractivity contribution < 1.29 is 12.6 Å². The van der Waals surface area contributed by atoms with Crippen LogP contribution in [0.1, 0.15) is 13.8 Å². The molecule has 0 heterocycles. The van der Waals surface area contributed by atoms with Crippen molar-refractivity contribution in [3.8, 4) is 0 Å². The molecule has 0 aromatic rings. The van der Waals surface area contributed by atoms with Crippen LogP contribution in [0.25, 0.3) is 0 Å². The first kappa shape index (κ1) is 12.9. The van der Waals surface area contributed by atoms with Crippen LogP contribution in [0.4, 0.5) is 0 Å². The maximum absolute atomic E-state index is 5.73. The van der Waals surface area contributed by atoms with Crippen LogP contribution in [-0.2, 0) is 12.6 Å². The molecule has 74 valence electrons. The molecule has 0 aliphatic carbocycles. The average Bonchev–Trinajstić information content (AvgIpc) is 1.84. The first-order valence-electron chi connectivity index (χ1n) is 4.24. The molecule has 0 bridgehead atoms. The summed E-state index contributed by atoms with van der Waals surface area (Å²) in [6, 6.07) is 0. The van der Waals surface area contributed by atoms with Crippen molar-refractivity contribution in [3.05, 3.63) is 0 Å². The second kappa shape index (κ2) is 6.33. The molecule has 3 nitrogen and oxygen atoms in total. The van der Waals surface area contributed by atoms with Crippen LogP contribution < -0.4 is 0 Å². The molecule has 12 heavy (non-hydrogen) atoms. The zero-order chi connectivity index (χ0) is 9.61. The molecule has 0 atom stereocenters. The fourth-order valence-electron chi connectivity index (χ4n) is 0.524. The Morgan fingerprint density at radius 1 is 1.00 bits per heavy atom. The molecule has 0 aliphatic heterocycles. The predicted octanol–water partition coefficient (Wildman–Crippen LogP) is 3.14. The Balaban J connectivity index is 3.77. The zero-order valence-electron chi connectivity index (χ0n) is 8.59. The third kappa shape index (κ3) is 7.50. The summed E-state index contributed by atoms with van der Waals surface area (Å²) in [6.45, 7) is 5.22. The second-order valence-electron chi connectivity index (χ2n) is 3.26. The van der Waals surface area contributed by atoms with Gasteiger partial charge < -0.3 is 0 Å². The van der Waals surface area contributed by atoms with E-state index in [1.165, 1.54) is 0 Å².